The van der Waals surface area contributed by atoms with E-state index in [1.807, 2.05) is 0 Å². The molecule has 0 unspecified atom stereocenters. The van der Waals surface area contributed by atoms with Crippen LogP contribution in [0.3, 0.4) is 0 Å². The summed E-state index contributed by atoms with van der Waals surface area (Å²) < 4.78 is 5.37. The maximum Gasteiger partial charge on any atom is 0.0613 e. The molecule has 0 amide bonds. The Balaban J connectivity index is 1.88. The first-order valence-electron chi connectivity index (χ1n) is 6.70. The summed E-state index contributed by atoms with van der Waals surface area (Å²) in [6.07, 6.45) is 6.94. The number of hydrogen-bond acceptors (Lipinski definition) is 3. The van der Waals surface area contributed by atoms with Crippen LogP contribution in [0.4, 0.5) is 0 Å². The molecule has 0 aromatic rings. The van der Waals surface area contributed by atoms with Crippen molar-refractivity contribution < 1.29 is 9.84 Å². The Bertz CT molecular complexity index is 206. The molecule has 0 atom stereocenters. The van der Waals surface area contributed by atoms with Gasteiger partial charge in [0.1, 0.15) is 0 Å². The zero-order valence-electron chi connectivity index (χ0n) is 10.4. The van der Waals surface area contributed by atoms with Gasteiger partial charge in [0.15, 0.2) is 0 Å². The Labute approximate surface area is 98.6 Å². The van der Waals surface area contributed by atoms with Crippen LogP contribution in [-0.2, 0) is 4.74 Å². The zero-order valence-corrected chi connectivity index (χ0v) is 10.4. The number of aliphatic hydroxyl groups excluding tert-OH is 1. The van der Waals surface area contributed by atoms with Crippen LogP contribution in [0.15, 0.2) is 0 Å². The maximum absolute atomic E-state index is 9.66. The molecule has 0 aromatic carbocycles. The van der Waals surface area contributed by atoms with Crippen LogP contribution in [0, 0.1) is 5.92 Å². The van der Waals surface area contributed by atoms with Gasteiger partial charge in [-0.3, -0.25) is 0 Å². The van der Waals surface area contributed by atoms with Crippen molar-refractivity contribution in [3.05, 3.63) is 0 Å². The second-order valence-electron chi connectivity index (χ2n) is 5.65. The van der Waals surface area contributed by atoms with Gasteiger partial charge >= 0.3 is 0 Å². The largest absolute Gasteiger partial charge is 0.394 e. The third-order valence-electron chi connectivity index (χ3n) is 4.27. The number of ether oxygens (including phenoxy) is 1. The zero-order chi connectivity index (χ0) is 11.4. The lowest BCUT2D eigenvalue weighted by Crippen LogP contribution is -2.55. The molecular formula is C13H25NO2. The van der Waals surface area contributed by atoms with Crippen molar-refractivity contribution >= 4 is 0 Å². The molecule has 1 saturated heterocycles. The quantitative estimate of drug-likeness (QED) is 0.771. The van der Waals surface area contributed by atoms with E-state index >= 15 is 0 Å². The molecule has 2 fully saturated rings. The summed E-state index contributed by atoms with van der Waals surface area (Å²) in [5.74, 6) is 0.830. The van der Waals surface area contributed by atoms with Gasteiger partial charge in [0.25, 0.3) is 0 Å². The molecule has 3 heteroatoms. The predicted octanol–water partition coefficient (Wildman–Crippen LogP) is 1.70. The van der Waals surface area contributed by atoms with Gasteiger partial charge in [-0.2, -0.15) is 0 Å². The summed E-state index contributed by atoms with van der Waals surface area (Å²) in [6, 6.07) is 0.550. The topological polar surface area (TPSA) is 41.5 Å². The van der Waals surface area contributed by atoms with Crippen molar-refractivity contribution in [3.63, 3.8) is 0 Å². The average molecular weight is 227 g/mol. The fraction of sp³-hybridized carbons (Fsp3) is 1.00. The molecule has 1 heterocycles. The van der Waals surface area contributed by atoms with E-state index in [1.165, 1.54) is 12.8 Å². The summed E-state index contributed by atoms with van der Waals surface area (Å²) in [6.45, 7) is 4.35. The number of rotatable bonds is 3. The third kappa shape index (κ3) is 2.96. The smallest absolute Gasteiger partial charge is 0.0613 e. The summed E-state index contributed by atoms with van der Waals surface area (Å²) in [5, 5.41) is 13.4. The first-order valence-corrected chi connectivity index (χ1v) is 6.70. The van der Waals surface area contributed by atoms with Crippen LogP contribution >= 0.6 is 0 Å². The molecule has 1 aliphatic carbocycles. The Hall–Kier alpha value is -0.120. The minimum absolute atomic E-state index is 0.00845. The summed E-state index contributed by atoms with van der Waals surface area (Å²) in [4.78, 5) is 0. The molecule has 94 valence electrons. The van der Waals surface area contributed by atoms with Crippen LogP contribution in [0.25, 0.3) is 0 Å². The Morgan fingerprint density at radius 3 is 2.38 bits per heavy atom. The highest BCUT2D eigenvalue weighted by Gasteiger charge is 2.35. The lowest BCUT2D eigenvalue weighted by atomic mass is 9.77. The summed E-state index contributed by atoms with van der Waals surface area (Å²) >= 11 is 0. The monoisotopic (exact) mass is 227 g/mol. The van der Waals surface area contributed by atoms with Crippen LogP contribution in [0.5, 0.6) is 0 Å². The Kier molecular flexibility index (Phi) is 4.22. The molecule has 2 aliphatic rings. The maximum atomic E-state index is 9.66. The molecular weight excluding hydrogens is 202 g/mol. The Morgan fingerprint density at radius 1 is 1.19 bits per heavy atom. The predicted molar refractivity (Wildman–Crippen MR) is 64.4 cm³/mol. The first-order chi connectivity index (χ1) is 7.74. The van der Waals surface area contributed by atoms with Crippen LogP contribution in [-0.4, -0.2) is 36.5 Å². The van der Waals surface area contributed by atoms with E-state index in [4.69, 9.17) is 4.74 Å². The fourth-order valence-electron chi connectivity index (χ4n) is 2.94. The Morgan fingerprint density at radius 2 is 1.81 bits per heavy atom. The van der Waals surface area contributed by atoms with Crippen molar-refractivity contribution in [2.75, 3.05) is 19.8 Å². The lowest BCUT2D eigenvalue weighted by molar-refractivity contribution is 0.0426. The van der Waals surface area contributed by atoms with Crippen molar-refractivity contribution in [1.82, 2.24) is 5.32 Å². The lowest BCUT2D eigenvalue weighted by Gasteiger charge is -2.42. The fourth-order valence-corrected chi connectivity index (χ4v) is 2.94. The van der Waals surface area contributed by atoms with E-state index in [9.17, 15) is 5.11 Å². The number of nitrogens with one attached hydrogen (secondary N) is 1. The van der Waals surface area contributed by atoms with Crippen molar-refractivity contribution in [1.29, 1.82) is 0 Å². The molecule has 0 aromatic heterocycles. The normalized spacial score (nSPS) is 37.5. The van der Waals surface area contributed by atoms with Gasteiger partial charge in [0, 0.05) is 24.8 Å². The van der Waals surface area contributed by atoms with Crippen LogP contribution < -0.4 is 5.32 Å². The highest BCUT2D eigenvalue weighted by molar-refractivity contribution is 4.94. The van der Waals surface area contributed by atoms with E-state index in [0.29, 0.717) is 6.04 Å². The highest BCUT2D eigenvalue weighted by Crippen LogP contribution is 2.32. The SMILES string of the molecule is CC1CCC(CO)(NC2CCOCC2)CC1. The molecule has 0 radical (unpaired) electrons. The molecule has 1 aliphatic heterocycles. The molecule has 1 saturated carbocycles. The van der Waals surface area contributed by atoms with E-state index in [0.717, 1.165) is 44.8 Å². The summed E-state index contributed by atoms with van der Waals surface area (Å²) in [7, 11) is 0. The van der Waals surface area contributed by atoms with Crippen molar-refractivity contribution in [2.45, 2.75) is 57.0 Å². The molecule has 0 bridgehead atoms. The molecule has 3 nitrogen and oxygen atoms in total. The second kappa shape index (κ2) is 5.48. The van der Waals surface area contributed by atoms with E-state index < -0.39 is 0 Å². The van der Waals surface area contributed by atoms with E-state index in [1.54, 1.807) is 0 Å². The molecule has 16 heavy (non-hydrogen) atoms. The van der Waals surface area contributed by atoms with E-state index in [-0.39, 0.29) is 12.1 Å². The van der Waals surface area contributed by atoms with Crippen LogP contribution in [0.1, 0.15) is 45.4 Å². The van der Waals surface area contributed by atoms with Gasteiger partial charge in [-0.05, 0) is 44.4 Å². The standard InChI is InChI=1S/C13H25NO2/c1-11-2-6-13(10-15,7-3-11)14-12-4-8-16-9-5-12/h11-12,14-15H,2-10H2,1H3. The van der Waals surface area contributed by atoms with Gasteiger partial charge < -0.3 is 15.2 Å². The molecule has 2 rings (SSSR count). The van der Waals surface area contributed by atoms with Crippen LogP contribution in [0.2, 0.25) is 0 Å². The van der Waals surface area contributed by atoms with Gasteiger partial charge in [-0.15, -0.1) is 0 Å². The minimum atomic E-state index is 0.00845. The summed E-state index contributed by atoms with van der Waals surface area (Å²) in [5.41, 5.74) is 0.00845. The third-order valence-corrected chi connectivity index (χ3v) is 4.27. The van der Waals surface area contributed by atoms with Gasteiger partial charge in [0.2, 0.25) is 0 Å². The van der Waals surface area contributed by atoms with Crippen molar-refractivity contribution in [2.24, 2.45) is 5.92 Å². The second-order valence-corrected chi connectivity index (χ2v) is 5.65. The van der Waals surface area contributed by atoms with Gasteiger partial charge in [-0.1, -0.05) is 6.92 Å². The first kappa shape index (κ1) is 12.3. The van der Waals surface area contributed by atoms with Gasteiger partial charge in [-0.25, -0.2) is 0 Å². The minimum Gasteiger partial charge on any atom is -0.394 e. The number of aliphatic hydroxyl groups is 1. The van der Waals surface area contributed by atoms with Gasteiger partial charge in [0.05, 0.1) is 6.61 Å². The van der Waals surface area contributed by atoms with E-state index in [2.05, 4.69) is 12.2 Å². The molecule has 0 spiro atoms. The average Bonchev–Trinajstić information content (AvgIpc) is 2.34. The molecule has 2 N–H and O–H groups in total. The number of hydrogen-bond donors (Lipinski definition) is 2. The van der Waals surface area contributed by atoms with Crippen molar-refractivity contribution in [3.8, 4) is 0 Å². The highest BCUT2D eigenvalue weighted by atomic mass is 16.5.